The fourth-order valence-electron chi connectivity index (χ4n) is 4.08. The zero-order valence-corrected chi connectivity index (χ0v) is 18.0. The highest BCUT2D eigenvalue weighted by molar-refractivity contribution is 5.97. The van der Waals surface area contributed by atoms with E-state index in [-0.39, 0.29) is 18.0 Å². The van der Waals surface area contributed by atoms with Crippen LogP contribution in [0.1, 0.15) is 37.0 Å². The fourth-order valence-corrected chi connectivity index (χ4v) is 4.08. The maximum absolute atomic E-state index is 13.3. The van der Waals surface area contributed by atoms with Crippen LogP contribution >= 0.6 is 0 Å². The van der Waals surface area contributed by atoms with E-state index < -0.39 is 0 Å². The van der Waals surface area contributed by atoms with Crippen molar-refractivity contribution in [2.45, 2.75) is 38.8 Å². The minimum absolute atomic E-state index is 0.00664. The van der Waals surface area contributed by atoms with Gasteiger partial charge in [-0.2, -0.15) is 0 Å². The molecule has 1 aromatic heterocycles. The van der Waals surface area contributed by atoms with Crippen LogP contribution in [0.15, 0.2) is 67.0 Å². The molecule has 6 nitrogen and oxygen atoms in total. The van der Waals surface area contributed by atoms with Crippen LogP contribution in [0.5, 0.6) is 5.75 Å². The Morgan fingerprint density at radius 2 is 1.90 bits per heavy atom. The van der Waals surface area contributed by atoms with Gasteiger partial charge in [-0.15, -0.1) is 0 Å². The van der Waals surface area contributed by atoms with Crippen molar-refractivity contribution in [3.05, 3.63) is 72.6 Å². The number of aromatic nitrogens is 2. The first kappa shape index (κ1) is 20.8. The molecule has 0 bridgehead atoms. The second kappa shape index (κ2) is 9.60. The van der Waals surface area contributed by atoms with Crippen molar-refractivity contribution >= 4 is 11.7 Å². The predicted octanol–water partition coefficient (Wildman–Crippen LogP) is 4.65. The number of carbonyl (C=O) groups excluding carboxylic acids is 1. The molecule has 2 aromatic carbocycles. The zero-order valence-electron chi connectivity index (χ0n) is 18.0. The number of carbonyl (C=O) groups is 1. The monoisotopic (exact) mass is 416 g/mol. The minimum Gasteiger partial charge on any atom is -0.493 e. The molecule has 6 heteroatoms. The van der Waals surface area contributed by atoms with Crippen molar-refractivity contribution in [3.8, 4) is 17.0 Å². The molecular formula is C25H28N4O2. The maximum Gasteiger partial charge on any atom is 0.257 e. The van der Waals surface area contributed by atoms with Gasteiger partial charge in [0, 0.05) is 24.2 Å². The second-order valence-electron chi connectivity index (χ2n) is 7.72. The van der Waals surface area contributed by atoms with E-state index in [4.69, 9.17) is 9.72 Å². The van der Waals surface area contributed by atoms with Crippen LogP contribution in [0.3, 0.4) is 0 Å². The largest absolute Gasteiger partial charge is 0.493 e. The molecule has 1 aliphatic heterocycles. The number of para-hydroxylation sites is 1. The Morgan fingerprint density at radius 3 is 2.71 bits per heavy atom. The van der Waals surface area contributed by atoms with Crippen LogP contribution in [-0.2, 0) is 0 Å². The lowest BCUT2D eigenvalue weighted by Crippen LogP contribution is -2.52. The third-order valence-corrected chi connectivity index (χ3v) is 5.70. The Kier molecular flexibility index (Phi) is 6.46. The Morgan fingerprint density at radius 1 is 1.13 bits per heavy atom. The summed E-state index contributed by atoms with van der Waals surface area (Å²) in [5, 5.41) is 3.52. The highest BCUT2D eigenvalue weighted by atomic mass is 16.5. The van der Waals surface area contributed by atoms with E-state index in [1.54, 1.807) is 12.4 Å². The number of benzene rings is 2. The van der Waals surface area contributed by atoms with Crippen LogP contribution in [0, 0.1) is 0 Å². The summed E-state index contributed by atoms with van der Waals surface area (Å²) in [6.45, 7) is 5.27. The summed E-state index contributed by atoms with van der Waals surface area (Å²) < 4.78 is 5.68. The molecule has 0 unspecified atom stereocenters. The molecule has 0 saturated carbocycles. The predicted molar refractivity (Wildman–Crippen MR) is 122 cm³/mol. The quantitative estimate of drug-likeness (QED) is 0.634. The molecule has 31 heavy (non-hydrogen) atoms. The first-order chi connectivity index (χ1) is 15.2. The number of rotatable bonds is 6. The van der Waals surface area contributed by atoms with Crippen LogP contribution in [0.2, 0.25) is 0 Å². The number of nitrogens with one attached hydrogen (secondary N) is 1. The molecule has 4 rings (SSSR count). The summed E-state index contributed by atoms with van der Waals surface area (Å²) in [5.41, 5.74) is 2.47. The number of piperidine rings is 1. The number of hydrogen-bond acceptors (Lipinski definition) is 5. The molecule has 1 N–H and O–H groups in total. The molecule has 160 valence electrons. The van der Waals surface area contributed by atoms with Crippen molar-refractivity contribution in [2.75, 3.05) is 18.5 Å². The Labute approximate surface area is 183 Å². The highest BCUT2D eigenvalue weighted by Gasteiger charge is 2.33. The number of hydrogen-bond donors (Lipinski definition) is 1. The van der Waals surface area contributed by atoms with Gasteiger partial charge in [0.15, 0.2) is 0 Å². The number of amides is 1. The molecule has 1 amide bonds. The number of anilines is 1. The van der Waals surface area contributed by atoms with Crippen molar-refractivity contribution in [2.24, 2.45) is 0 Å². The van der Waals surface area contributed by atoms with E-state index in [0.29, 0.717) is 17.9 Å². The average molecular weight is 417 g/mol. The Balaban J connectivity index is 1.51. The van der Waals surface area contributed by atoms with Gasteiger partial charge in [-0.1, -0.05) is 42.5 Å². The van der Waals surface area contributed by atoms with Crippen LogP contribution in [0.4, 0.5) is 5.82 Å². The van der Waals surface area contributed by atoms with Crippen molar-refractivity contribution in [1.29, 1.82) is 0 Å². The van der Waals surface area contributed by atoms with Crippen LogP contribution in [0.25, 0.3) is 11.3 Å². The van der Waals surface area contributed by atoms with Gasteiger partial charge in [-0.3, -0.25) is 9.78 Å². The van der Waals surface area contributed by atoms with Gasteiger partial charge in [0.1, 0.15) is 11.6 Å². The minimum atomic E-state index is 0.00664. The molecule has 1 fully saturated rings. The van der Waals surface area contributed by atoms with Gasteiger partial charge >= 0.3 is 0 Å². The van der Waals surface area contributed by atoms with E-state index in [2.05, 4.69) is 17.2 Å². The topological polar surface area (TPSA) is 67.3 Å². The smallest absolute Gasteiger partial charge is 0.257 e. The summed E-state index contributed by atoms with van der Waals surface area (Å²) in [6.07, 6.45) is 5.40. The van der Waals surface area contributed by atoms with Crippen LogP contribution in [-0.4, -0.2) is 46.0 Å². The summed E-state index contributed by atoms with van der Waals surface area (Å²) in [5.74, 6) is 1.37. The Bertz CT molecular complexity index is 1020. The van der Waals surface area contributed by atoms with E-state index in [1.807, 2.05) is 66.4 Å². The molecule has 2 heterocycles. The third-order valence-electron chi connectivity index (χ3n) is 5.70. The molecule has 1 saturated heterocycles. The van der Waals surface area contributed by atoms with Crippen LogP contribution < -0.4 is 10.1 Å². The first-order valence-electron chi connectivity index (χ1n) is 10.8. The maximum atomic E-state index is 13.3. The van der Waals surface area contributed by atoms with Gasteiger partial charge in [0.2, 0.25) is 0 Å². The average Bonchev–Trinajstić information content (AvgIpc) is 2.81. The third kappa shape index (κ3) is 4.68. The van der Waals surface area contributed by atoms with Gasteiger partial charge in [0.25, 0.3) is 5.91 Å². The summed E-state index contributed by atoms with van der Waals surface area (Å²) >= 11 is 0. The van der Waals surface area contributed by atoms with Gasteiger partial charge < -0.3 is 15.0 Å². The molecule has 0 spiro atoms. The summed E-state index contributed by atoms with van der Waals surface area (Å²) in [4.78, 5) is 24.4. The zero-order chi connectivity index (χ0) is 21.6. The number of nitrogens with zero attached hydrogens (tertiary/aromatic N) is 3. The lowest BCUT2D eigenvalue weighted by Gasteiger charge is -2.40. The lowest BCUT2D eigenvalue weighted by atomic mass is 9.96. The molecular weight excluding hydrogens is 388 g/mol. The van der Waals surface area contributed by atoms with Crippen molar-refractivity contribution in [1.82, 2.24) is 14.9 Å². The standard InChI is InChI=1S/C25H28N4O2/c1-3-31-23-14-8-7-12-20(23)25(30)29-15-9-13-21(18(29)2)27-24-17-26-16-22(28-24)19-10-5-4-6-11-19/h4-8,10-12,14,16-18,21H,3,9,13,15H2,1-2H3,(H,27,28)/t18-,21-/m1/s1. The number of likely N-dealkylation sites (tertiary alicyclic amines) is 1. The van der Waals surface area contributed by atoms with E-state index in [0.717, 1.165) is 36.5 Å². The fraction of sp³-hybridized carbons (Fsp3) is 0.320. The Hall–Kier alpha value is -3.41. The molecule has 1 aliphatic rings. The van der Waals surface area contributed by atoms with Gasteiger partial charge in [-0.05, 0) is 38.8 Å². The van der Waals surface area contributed by atoms with E-state index >= 15 is 0 Å². The SMILES string of the molecule is CCOc1ccccc1C(=O)N1CCC[C@@H](Nc2cncc(-c3ccccc3)n2)[C@H]1C. The normalized spacial score (nSPS) is 18.5. The highest BCUT2D eigenvalue weighted by Crippen LogP contribution is 2.27. The molecule has 0 aliphatic carbocycles. The second-order valence-corrected chi connectivity index (χ2v) is 7.72. The van der Waals surface area contributed by atoms with Gasteiger partial charge in [-0.25, -0.2) is 4.98 Å². The summed E-state index contributed by atoms with van der Waals surface area (Å²) in [6, 6.07) is 17.6. The number of ether oxygens (including phenoxy) is 1. The molecule has 3 aromatic rings. The van der Waals surface area contributed by atoms with Crippen molar-refractivity contribution < 1.29 is 9.53 Å². The lowest BCUT2D eigenvalue weighted by molar-refractivity contribution is 0.0612. The molecule has 0 radical (unpaired) electrons. The van der Waals surface area contributed by atoms with E-state index in [1.165, 1.54) is 0 Å². The van der Waals surface area contributed by atoms with Crippen molar-refractivity contribution in [3.63, 3.8) is 0 Å². The van der Waals surface area contributed by atoms with Gasteiger partial charge in [0.05, 0.1) is 30.3 Å². The summed E-state index contributed by atoms with van der Waals surface area (Å²) in [7, 11) is 0. The molecule has 2 atom stereocenters. The first-order valence-corrected chi connectivity index (χ1v) is 10.8. The van der Waals surface area contributed by atoms with E-state index in [9.17, 15) is 4.79 Å².